The van der Waals surface area contributed by atoms with Gasteiger partial charge in [-0.2, -0.15) is 8.42 Å². The maximum absolute atomic E-state index is 11.6. The Morgan fingerprint density at radius 1 is 1.00 bits per heavy atom. The second-order valence-corrected chi connectivity index (χ2v) is 8.42. The first kappa shape index (κ1) is 21.8. The highest BCUT2D eigenvalue weighted by Crippen LogP contribution is 2.35. The molecule has 0 aromatic carbocycles. The van der Waals surface area contributed by atoms with E-state index in [2.05, 4.69) is 11.8 Å². The lowest BCUT2D eigenvalue weighted by Gasteiger charge is -2.11. The van der Waals surface area contributed by atoms with Crippen molar-refractivity contribution in [1.29, 1.82) is 0 Å². The molecule has 0 radical (unpaired) electrons. The van der Waals surface area contributed by atoms with Gasteiger partial charge in [0.25, 0.3) is 10.1 Å². The van der Waals surface area contributed by atoms with Gasteiger partial charge in [0.1, 0.15) is 11.4 Å². The summed E-state index contributed by atoms with van der Waals surface area (Å²) < 4.78 is 38.2. The third-order valence-electron chi connectivity index (χ3n) is 4.69. The van der Waals surface area contributed by atoms with Crippen molar-refractivity contribution in [3.63, 3.8) is 0 Å². The van der Waals surface area contributed by atoms with E-state index in [0.29, 0.717) is 13.0 Å². The second-order valence-electron chi connectivity index (χ2n) is 6.79. The van der Waals surface area contributed by atoms with E-state index >= 15 is 0 Å². The minimum absolute atomic E-state index is 0.0201. The van der Waals surface area contributed by atoms with Crippen LogP contribution in [-0.2, 0) is 19.7 Å². The highest BCUT2D eigenvalue weighted by molar-refractivity contribution is 7.86. The van der Waals surface area contributed by atoms with Crippen LogP contribution in [0.25, 0.3) is 0 Å². The average Bonchev–Trinajstić information content (AvgIpc) is 3.27. The molecule has 1 aliphatic rings. The summed E-state index contributed by atoms with van der Waals surface area (Å²) in [5, 5.41) is 7.46. The molecule has 6 nitrogen and oxygen atoms in total. The number of hydrogen-bond acceptors (Lipinski definition) is 5. The second kappa shape index (κ2) is 12.2. The standard InChI is InChI=1S/C17H34O6S/c1-2-3-4-6-10-13-16(24(19,20)21)17-15(23-17)12-9-7-5-8-11-14-22-18/h15-18H,2-14H2,1H3,(H,19,20,21). The van der Waals surface area contributed by atoms with Gasteiger partial charge in [-0.25, -0.2) is 4.89 Å². The van der Waals surface area contributed by atoms with E-state index in [1.807, 2.05) is 0 Å². The lowest BCUT2D eigenvalue weighted by molar-refractivity contribution is -0.242. The van der Waals surface area contributed by atoms with E-state index < -0.39 is 15.4 Å². The van der Waals surface area contributed by atoms with Crippen molar-refractivity contribution in [3.05, 3.63) is 0 Å². The molecule has 1 fully saturated rings. The predicted octanol–water partition coefficient (Wildman–Crippen LogP) is 4.20. The maximum atomic E-state index is 11.6. The van der Waals surface area contributed by atoms with Crippen molar-refractivity contribution in [2.24, 2.45) is 0 Å². The lowest BCUT2D eigenvalue weighted by atomic mass is 10.0. The van der Waals surface area contributed by atoms with Crippen molar-refractivity contribution in [2.45, 2.75) is 101 Å². The molecule has 1 rings (SSSR count). The molecule has 0 bridgehead atoms. The van der Waals surface area contributed by atoms with Gasteiger partial charge in [-0.05, 0) is 19.3 Å². The monoisotopic (exact) mass is 366 g/mol. The molecule has 24 heavy (non-hydrogen) atoms. The maximum Gasteiger partial charge on any atom is 0.270 e. The topological polar surface area (TPSA) is 96.4 Å². The van der Waals surface area contributed by atoms with E-state index in [-0.39, 0.29) is 12.2 Å². The first-order valence-corrected chi connectivity index (χ1v) is 10.9. The Kier molecular flexibility index (Phi) is 11.1. The van der Waals surface area contributed by atoms with Crippen molar-refractivity contribution in [1.82, 2.24) is 0 Å². The lowest BCUT2D eigenvalue weighted by Crippen LogP contribution is -2.27. The molecule has 3 atom stereocenters. The zero-order chi connectivity index (χ0) is 17.8. The molecule has 0 saturated carbocycles. The van der Waals surface area contributed by atoms with E-state index in [9.17, 15) is 13.0 Å². The largest absolute Gasteiger partial charge is 0.368 e. The molecular formula is C17H34O6S. The first-order chi connectivity index (χ1) is 11.5. The van der Waals surface area contributed by atoms with Gasteiger partial charge < -0.3 is 4.74 Å². The number of hydrogen-bond donors (Lipinski definition) is 2. The van der Waals surface area contributed by atoms with Crippen LogP contribution in [0.2, 0.25) is 0 Å². The molecule has 0 amide bonds. The Labute approximate surface area is 146 Å². The molecule has 0 aromatic heterocycles. The fourth-order valence-corrected chi connectivity index (χ4v) is 4.23. The smallest absolute Gasteiger partial charge is 0.270 e. The van der Waals surface area contributed by atoms with Crippen molar-refractivity contribution in [3.8, 4) is 0 Å². The molecular weight excluding hydrogens is 332 g/mol. The molecule has 2 N–H and O–H groups in total. The summed E-state index contributed by atoms with van der Waals surface area (Å²) in [7, 11) is -4.04. The number of unbranched alkanes of at least 4 members (excludes halogenated alkanes) is 8. The van der Waals surface area contributed by atoms with Gasteiger partial charge >= 0.3 is 0 Å². The van der Waals surface area contributed by atoms with Crippen LogP contribution < -0.4 is 0 Å². The van der Waals surface area contributed by atoms with E-state index in [1.54, 1.807) is 0 Å². The van der Waals surface area contributed by atoms with Crippen LogP contribution in [0, 0.1) is 0 Å². The Hall–Kier alpha value is -0.210. The molecule has 1 aliphatic heterocycles. The summed E-state index contributed by atoms with van der Waals surface area (Å²) in [6.07, 6.45) is 11.3. The van der Waals surface area contributed by atoms with E-state index in [4.69, 9.17) is 9.99 Å². The van der Waals surface area contributed by atoms with Crippen molar-refractivity contribution >= 4 is 10.1 Å². The van der Waals surface area contributed by atoms with Gasteiger partial charge in [0.2, 0.25) is 0 Å². The minimum Gasteiger partial charge on any atom is -0.368 e. The average molecular weight is 367 g/mol. The molecule has 0 aromatic rings. The quantitative estimate of drug-likeness (QED) is 0.140. The minimum atomic E-state index is -4.04. The summed E-state index contributed by atoms with van der Waals surface area (Å²) in [4.78, 5) is 4.02. The Morgan fingerprint density at radius 3 is 2.29 bits per heavy atom. The molecule has 144 valence electrons. The normalized spacial score (nSPS) is 21.8. The molecule has 0 spiro atoms. The predicted molar refractivity (Wildman–Crippen MR) is 93.7 cm³/mol. The molecule has 0 aliphatic carbocycles. The molecule has 3 unspecified atom stereocenters. The number of epoxide rings is 1. The van der Waals surface area contributed by atoms with Gasteiger partial charge in [-0.1, -0.05) is 64.7 Å². The van der Waals surface area contributed by atoms with Crippen LogP contribution in [0.15, 0.2) is 0 Å². The van der Waals surface area contributed by atoms with Gasteiger partial charge in [0.15, 0.2) is 0 Å². The van der Waals surface area contributed by atoms with Crippen LogP contribution in [0.5, 0.6) is 0 Å². The van der Waals surface area contributed by atoms with Crippen LogP contribution in [-0.4, -0.2) is 42.3 Å². The van der Waals surface area contributed by atoms with Gasteiger partial charge in [-0.3, -0.25) is 9.81 Å². The zero-order valence-corrected chi connectivity index (χ0v) is 15.7. The fraction of sp³-hybridized carbons (Fsp3) is 1.00. The van der Waals surface area contributed by atoms with E-state index in [1.165, 1.54) is 6.42 Å². The summed E-state index contributed by atoms with van der Waals surface area (Å²) in [6.45, 7) is 2.52. The zero-order valence-electron chi connectivity index (χ0n) is 14.9. The summed E-state index contributed by atoms with van der Waals surface area (Å²) >= 11 is 0. The van der Waals surface area contributed by atoms with Crippen LogP contribution in [0.1, 0.15) is 84.0 Å². The van der Waals surface area contributed by atoms with Crippen LogP contribution in [0.3, 0.4) is 0 Å². The Bertz CT molecular complexity index is 411. The molecule has 1 saturated heterocycles. The first-order valence-electron chi connectivity index (χ1n) is 9.38. The highest BCUT2D eigenvalue weighted by atomic mass is 32.2. The van der Waals surface area contributed by atoms with Gasteiger partial charge in [0, 0.05) is 0 Å². The van der Waals surface area contributed by atoms with Crippen LogP contribution in [0.4, 0.5) is 0 Å². The van der Waals surface area contributed by atoms with Crippen molar-refractivity contribution < 1.29 is 27.9 Å². The third-order valence-corrected chi connectivity index (χ3v) is 5.96. The summed E-state index contributed by atoms with van der Waals surface area (Å²) in [6, 6.07) is 0. The Balaban J connectivity index is 2.18. The number of rotatable bonds is 16. The van der Waals surface area contributed by atoms with Crippen molar-refractivity contribution in [2.75, 3.05) is 6.61 Å². The van der Waals surface area contributed by atoms with Gasteiger partial charge in [-0.15, -0.1) is 0 Å². The highest BCUT2D eigenvalue weighted by Gasteiger charge is 2.48. The molecule has 7 heteroatoms. The SMILES string of the molecule is CCCCCCCC(C1OC1CCCCCCCOO)S(=O)(=O)O. The molecule has 1 heterocycles. The summed E-state index contributed by atoms with van der Waals surface area (Å²) in [5.41, 5.74) is 0. The fourth-order valence-electron chi connectivity index (χ4n) is 3.19. The Morgan fingerprint density at radius 2 is 1.62 bits per heavy atom. The van der Waals surface area contributed by atoms with E-state index in [0.717, 1.165) is 64.2 Å². The third kappa shape index (κ3) is 9.32. The van der Waals surface area contributed by atoms with Crippen LogP contribution >= 0.6 is 0 Å². The summed E-state index contributed by atoms with van der Waals surface area (Å²) in [5.74, 6) is 0. The number of ether oxygens (including phenoxy) is 1. The van der Waals surface area contributed by atoms with Gasteiger partial charge in [0.05, 0.1) is 12.7 Å².